The zero-order valence-corrected chi connectivity index (χ0v) is 16.5. The van der Waals surface area contributed by atoms with E-state index < -0.39 is 0 Å². The van der Waals surface area contributed by atoms with Gasteiger partial charge >= 0.3 is 0 Å². The lowest BCUT2D eigenvalue weighted by molar-refractivity contribution is -0.134. The Bertz CT molecular complexity index is 759. The second-order valence-corrected chi connectivity index (χ2v) is 7.47. The molecule has 0 N–H and O–H groups in total. The third-order valence-electron chi connectivity index (χ3n) is 5.71. The van der Waals surface area contributed by atoms with Crippen LogP contribution in [0.4, 0.5) is 0 Å². The molecule has 0 aromatic carbocycles. The molecule has 152 valence electrons. The minimum Gasteiger partial charge on any atom is -0.379 e. The summed E-state index contributed by atoms with van der Waals surface area (Å²) in [5, 5.41) is 13.2. The van der Waals surface area contributed by atoms with Crippen molar-refractivity contribution in [3.8, 4) is 0 Å². The van der Waals surface area contributed by atoms with Crippen LogP contribution in [0.5, 0.6) is 0 Å². The van der Waals surface area contributed by atoms with Crippen molar-refractivity contribution in [3.05, 3.63) is 30.1 Å². The minimum absolute atomic E-state index is 0.233. The number of carbonyl (C=O) groups is 1. The molecule has 0 atom stereocenters. The summed E-state index contributed by atoms with van der Waals surface area (Å²) in [7, 11) is 0. The van der Waals surface area contributed by atoms with E-state index in [-0.39, 0.29) is 5.91 Å². The number of hydrogen-bond donors (Lipinski definition) is 0. The highest BCUT2D eigenvalue weighted by Crippen LogP contribution is 2.27. The molecule has 2 aliphatic rings. The summed E-state index contributed by atoms with van der Waals surface area (Å²) in [4.78, 5) is 16.8. The van der Waals surface area contributed by atoms with Gasteiger partial charge in [0.15, 0.2) is 5.82 Å². The van der Waals surface area contributed by atoms with Crippen molar-refractivity contribution in [1.29, 1.82) is 0 Å². The van der Waals surface area contributed by atoms with E-state index in [1.165, 1.54) is 0 Å². The van der Waals surface area contributed by atoms with E-state index >= 15 is 0 Å². The van der Waals surface area contributed by atoms with E-state index in [1.54, 1.807) is 6.20 Å². The van der Waals surface area contributed by atoms with Gasteiger partial charge in [0.25, 0.3) is 0 Å². The molecule has 1 amide bonds. The lowest BCUT2D eigenvalue weighted by atomic mass is 9.95. The van der Waals surface area contributed by atoms with E-state index in [9.17, 15) is 4.79 Å². The van der Waals surface area contributed by atoms with Crippen LogP contribution in [0, 0.1) is 0 Å². The highest BCUT2D eigenvalue weighted by atomic mass is 16.5. The van der Waals surface area contributed by atoms with Crippen LogP contribution in [0.3, 0.4) is 0 Å². The first-order valence-corrected chi connectivity index (χ1v) is 10.2. The van der Waals surface area contributed by atoms with Gasteiger partial charge in [-0.25, -0.2) is 0 Å². The molecular weight excluding hydrogens is 358 g/mol. The summed E-state index contributed by atoms with van der Waals surface area (Å²) in [5.74, 6) is 2.57. The van der Waals surface area contributed by atoms with Crippen molar-refractivity contribution in [2.75, 3.05) is 45.9 Å². The molecule has 0 spiro atoms. The van der Waals surface area contributed by atoms with Gasteiger partial charge in [-0.3, -0.25) is 14.4 Å². The quantitative estimate of drug-likeness (QED) is 0.721. The van der Waals surface area contributed by atoms with Crippen LogP contribution >= 0.6 is 0 Å². The maximum atomic E-state index is 12.6. The first kappa shape index (κ1) is 19.1. The molecule has 0 saturated carbocycles. The molecule has 0 radical (unpaired) electrons. The average molecular weight is 387 g/mol. The summed E-state index contributed by atoms with van der Waals surface area (Å²) in [6, 6.07) is 1.91. The number of piperidine rings is 1. The zero-order valence-electron chi connectivity index (χ0n) is 16.5. The molecule has 28 heavy (non-hydrogen) atoms. The van der Waals surface area contributed by atoms with Crippen molar-refractivity contribution < 1.29 is 9.53 Å². The molecule has 2 aromatic rings. The lowest BCUT2D eigenvalue weighted by Crippen LogP contribution is -2.47. The summed E-state index contributed by atoms with van der Waals surface area (Å²) in [6.07, 6.45) is 5.59. The summed E-state index contributed by atoms with van der Waals surface area (Å²) >= 11 is 0. The van der Waals surface area contributed by atoms with Gasteiger partial charge in [0.05, 0.1) is 19.8 Å². The second kappa shape index (κ2) is 8.83. The third kappa shape index (κ3) is 4.25. The zero-order chi connectivity index (χ0) is 19.3. The second-order valence-electron chi connectivity index (χ2n) is 7.47. The van der Waals surface area contributed by atoms with Gasteiger partial charge in [0, 0.05) is 51.0 Å². The number of hydrogen-bond acceptors (Lipinski definition) is 6. The average Bonchev–Trinajstić information content (AvgIpc) is 3.39. The number of carbonyl (C=O) groups excluding carboxylic acids is 1. The third-order valence-corrected chi connectivity index (χ3v) is 5.71. The van der Waals surface area contributed by atoms with Crippen LogP contribution in [0.2, 0.25) is 0 Å². The van der Waals surface area contributed by atoms with Gasteiger partial charge in [-0.05, 0) is 25.8 Å². The SMILES string of the molecule is CCn1c(Cn2cccn2)nnc1C1CCN(C(=O)CN2CCOCC2)CC1. The standard InChI is InChI=1S/C19H29N7O2/c1-2-26-17(14-25-7-3-6-20-25)21-22-19(26)16-4-8-24(9-5-16)18(27)15-23-10-12-28-13-11-23/h3,6-7,16H,2,4-5,8-15H2,1H3. The van der Waals surface area contributed by atoms with Gasteiger partial charge in [-0.1, -0.05) is 0 Å². The fourth-order valence-electron chi connectivity index (χ4n) is 4.09. The highest BCUT2D eigenvalue weighted by molar-refractivity contribution is 5.78. The molecule has 2 aromatic heterocycles. The predicted molar refractivity (Wildman–Crippen MR) is 103 cm³/mol. The van der Waals surface area contributed by atoms with E-state index in [4.69, 9.17) is 4.74 Å². The van der Waals surface area contributed by atoms with Crippen LogP contribution in [-0.4, -0.2) is 86.2 Å². The Balaban J connectivity index is 1.34. The first-order chi connectivity index (χ1) is 13.7. The minimum atomic E-state index is 0.233. The maximum absolute atomic E-state index is 12.6. The molecule has 9 nitrogen and oxygen atoms in total. The van der Waals surface area contributed by atoms with Crippen molar-refractivity contribution in [1.82, 2.24) is 34.3 Å². The number of amides is 1. The maximum Gasteiger partial charge on any atom is 0.236 e. The Kier molecular flexibility index (Phi) is 6.01. The molecular formula is C19H29N7O2. The molecule has 2 aliphatic heterocycles. The number of rotatable bonds is 6. The molecule has 0 unspecified atom stereocenters. The Morgan fingerprint density at radius 3 is 2.64 bits per heavy atom. The summed E-state index contributed by atoms with van der Waals surface area (Å²) < 4.78 is 9.43. The molecule has 9 heteroatoms. The Hall–Kier alpha value is -2.26. The Labute approximate surface area is 165 Å². The Morgan fingerprint density at radius 1 is 1.18 bits per heavy atom. The van der Waals surface area contributed by atoms with Crippen molar-refractivity contribution in [2.45, 2.75) is 38.8 Å². The number of nitrogens with zero attached hydrogens (tertiary/aromatic N) is 7. The van der Waals surface area contributed by atoms with Gasteiger partial charge < -0.3 is 14.2 Å². The highest BCUT2D eigenvalue weighted by Gasteiger charge is 2.28. The number of ether oxygens (including phenoxy) is 1. The van der Waals surface area contributed by atoms with E-state index in [1.807, 2.05) is 21.8 Å². The molecule has 2 fully saturated rings. The number of aromatic nitrogens is 5. The molecule has 4 rings (SSSR count). The summed E-state index contributed by atoms with van der Waals surface area (Å²) in [6.45, 7) is 8.83. The van der Waals surface area contributed by atoms with Crippen LogP contribution in [0.1, 0.15) is 37.3 Å². The number of likely N-dealkylation sites (tertiary alicyclic amines) is 1. The molecule has 0 bridgehead atoms. The predicted octanol–water partition coefficient (Wildman–Crippen LogP) is 0.581. The molecule has 2 saturated heterocycles. The summed E-state index contributed by atoms with van der Waals surface area (Å²) in [5.41, 5.74) is 0. The van der Waals surface area contributed by atoms with Gasteiger partial charge in [0.1, 0.15) is 12.4 Å². The van der Waals surface area contributed by atoms with E-state index in [2.05, 4.69) is 31.7 Å². The lowest BCUT2D eigenvalue weighted by Gasteiger charge is -2.34. The fraction of sp³-hybridized carbons (Fsp3) is 0.684. The smallest absolute Gasteiger partial charge is 0.236 e. The van der Waals surface area contributed by atoms with Gasteiger partial charge in [-0.2, -0.15) is 5.10 Å². The van der Waals surface area contributed by atoms with Crippen LogP contribution < -0.4 is 0 Å². The van der Waals surface area contributed by atoms with Gasteiger partial charge in [0.2, 0.25) is 5.91 Å². The largest absolute Gasteiger partial charge is 0.379 e. The van der Waals surface area contributed by atoms with Crippen LogP contribution in [-0.2, 0) is 22.6 Å². The normalized spacial score (nSPS) is 19.2. The molecule has 0 aliphatic carbocycles. The number of morpholine rings is 1. The van der Waals surface area contributed by atoms with Gasteiger partial charge in [-0.15, -0.1) is 10.2 Å². The van der Waals surface area contributed by atoms with Crippen molar-refractivity contribution >= 4 is 5.91 Å². The molecule has 4 heterocycles. The van der Waals surface area contributed by atoms with Crippen LogP contribution in [0.15, 0.2) is 18.5 Å². The topological polar surface area (TPSA) is 81.3 Å². The Morgan fingerprint density at radius 2 is 1.96 bits per heavy atom. The van der Waals surface area contributed by atoms with E-state index in [0.717, 1.165) is 70.4 Å². The van der Waals surface area contributed by atoms with Crippen molar-refractivity contribution in [3.63, 3.8) is 0 Å². The fourth-order valence-corrected chi connectivity index (χ4v) is 4.09. The van der Waals surface area contributed by atoms with Crippen molar-refractivity contribution in [2.24, 2.45) is 0 Å². The van der Waals surface area contributed by atoms with E-state index in [0.29, 0.717) is 19.0 Å². The first-order valence-electron chi connectivity index (χ1n) is 10.2. The monoisotopic (exact) mass is 387 g/mol. The van der Waals surface area contributed by atoms with Crippen LogP contribution in [0.25, 0.3) is 0 Å².